The van der Waals surface area contributed by atoms with Gasteiger partial charge in [-0.15, -0.1) is 0 Å². The number of hydrogen-bond donors (Lipinski definition) is 0. The molecule has 1 unspecified atom stereocenters. The first-order valence-corrected chi connectivity index (χ1v) is 8.50. The third kappa shape index (κ3) is 3.90. The summed E-state index contributed by atoms with van der Waals surface area (Å²) in [5.74, 6) is 0.166. The van der Waals surface area contributed by atoms with Gasteiger partial charge in [0.2, 0.25) is 11.8 Å². The van der Waals surface area contributed by atoms with Crippen molar-refractivity contribution in [2.24, 2.45) is 7.05 Å². The van der Waals surface area contributed by atoms with Crippen molar-refractivity contribution in [3.8, 4) is 0 Å². The molecule has 2 amide bonds. The van der Waals surface area contributed by atoms with E-state index >= 15 is 0 Å². The summed E-state index contributed by atoms with van der Waals surface area (Å²) >= 11 is 0. The summed E-state index contributed by atoms with van der Waals surface area (Å²) in [6, 6.07) is 12.0. The van der Waals surface area contributed by atoms with Gasteiger partial charge in [0.1, 0.15) is 0 Å². The van der Waals surface area contributed by atoms with E-state index in [1.807, 2.05) is 50.4 Å². The molecule has 1 fully saturated rings. The fraction of sp³-hybridized carbons (Fsp3) is 0.421. The van der Waals surface area contributed by atoms with Crippen LogP contribution in [-0.4, -0.2) is 51.5 Å². The lowest BCUT2D eigenvalue weighted by molar-refractivity contribution is -0.137. The topological polar surface area (TPSA) is 58.4 Å². The molecule has 1 aromatic carbocycles. The van der Waals surface area contributed by atoms with Gasteiger partial charge >= 0.3 is 0 Å². The van der Waals surface area contributed by atoms with Crippen LogP contribution in [0.3, 0.4) is 0 Å². The summed E-state index contributed by atoms with van der Waals surface area (Å²) in [6.45, 7) is 3.15. The van der Waals surface area contributed by atoms with E-state index in [4.69, 9.17) is 0 Å². The smallest absolute Gasteiger partial charge is 0.242 e. The van der Waals surface area contributed by atoms with E-state index in [1.54, 1.807) is 21.5 Å². The Hall–Kier alpha value is -2.63. The molecule has 2 heterocycles. The molecule has 1 atom stereocenters. The number of amides is 2. The molecule has 0 radical (unpaired) electrons. The standard InChI is InChI=1S/C19H24N4O2/c1-14-9-17(22(3)20-14)12-21(2)19(25)13-23-11-16(10-18(23)24)15-7-5-4-6-8-15/h4-9,16H,10-13H2,1-3H3. The van der Waals surface area contributed by atoms with Crippen LogP contribution in [0, 0.1) is 6.92 Å². The molecule has 1 saturated heterocycles. The number of likely N-dealkylation sites (N-methyl/N-ethyl adjacent to an activating group) is 1. The maximum atomic E-state index is 12.5. The molecular weight excluding hydrogens is 316 g/mol. The van der Waals surface area contributed by atoms with Gasteiger partial charge in [-0.05, 0) is 18.6 Å². The second kappa shape index (κ2) is 7.09. The highest BCUT2D eigenvalue weighted by Gasteiger charge is 2.32. The van der Waals surface area contributed by atoms with Gasteiger partial charge in [0.15, 0.2) is 0 Å². The molecule has 1 aliphatic heterocycles. The lowest BCUT2D eigenvalue weighted by Crippen LogP contribution is -2.39. The number of likely N-dealkylation sites (tertiary alicyclic amines) is 1. The first-order valence-electron chi connectivity index (χ1n) is 8.50. The van der Waals surface area contributed by atoms with Gasteiger partial charge in [-0.25, -0.2) is 0 Å². The number of hydrogen-bond acceptors (Lipinski definition) is 3. The zero-order valence-corrected chi connectivity index (χ0v) is 15.0. The number of carbonyl (C=O) groups is 2. The molecule has 132 valence electrons. The van der Waals surface area contributed by atoms with E-state index < -0.39 is 0 Å². The fourth-order valence-electron chi connectivity index (χ4n) is 3.30. The molecular formula is C19H24N4O2. The van der Waals surface area contributed by atoms with Crippen molar-refractivity contribution in [2.45, 2.75) is 25.8 Å². The predicted molar refractivity (Wildman–Crippen MR) is 94.8 cm³/mol. The quantitative estimate of drug-likeness (QED) is 0.832. The second-order valence-corrected chi connectivity index (χ2v) is 6.74. The van der Waals surface area contributed by atoms with Crippen LogP contribution in [-0.2, 0) is 23.2 Å². The van der Waals surface area contributed by atoms with Crippen LogP contribution in [0.1, 0.15) is 29.3 Å². The van der Waals surface area contributed by atoms with Crippen molar-refractivity contribution in [2.75, 3.05) is 20.1 Å². The minimum absolute atomic E-state index is 0.0481. The number of aromatic nitrogens is 2. The van der Waals surface area contributed by atoms with Crippen LogP contribution in [0.15, 0.2) is 36.4 Å². The third-order valence-electron chi connectivity index (χ3n) is 4.74. The van der Waals surface area contributed by atoms with Crippen LogP contribution in [0.5, 0.6) is 0 Å². The minimum Gasteiger partial charge on any atom is -0.338 e. The molecule has 0 bridgehead atoms. The molecule has 1 aliphatic rings. The molecule has 1 aromatic heterocycles. The van der Waals surface area contributed by atoms with Gasteiger partial charge < -0.3 is 9.80 Å². The average Bonchev–Trinajstić information content (AvgIpc) is 3.10. The summed E-state index contributed by atoms with van der Waals surface area (Å²) in [4.78, 5) is 28.1. The second-order valence-electron chi connectivity index (χ2n) is 6.74. The molecule has 6 heteroatoms. The summed E-state index contributed by atoms with van der Waals surface area (Å²) in [5.41, 5.74) is 3.06. The van der Waals surface area contributed by atoms with E-state index in [-0.39, 0.29) is 24.3 Å². The lowest BCUT2D eigenvalue weighted by atomic mass is 9.99. The first kappa shape index (κ1) is 17.2. The van der Waals surface area contributed by atoms with Gasteiger partial charge in [-0.2, -0.15) is 5.10 Å². The number of aryl methyl sites for hydroxylation is 2. The van der Waals surface area contributed by atoms with E-state index in [9.17, 15) is 9.59 Å². The van der Waals surface area contributed by atoms with Gasteiger partial charge in [-0.3, -0.25) is 14.3 Å². The fourth-order valence-corrected chi connectivity index (χ4v) is 3.30. The Kier molecular flexibility index (Phi) is 4.88. The van der Waals surface area contributed by atoms with Gasteiger partial charge in [0, 0.05) is 33.0 Å². The number of nitrogens with zero attached hydrogens (tertiary/aromatic N) is 4. The Bertz CT molecular complexity index is 769. The van der Waals surface area contributed by atoms with E-state index in [1.165, 1.54) is 0 Å². The highest BCUT2D eigenvalue weighted by atomic mass is 16.2. The Morgan fingerprint density at radius 3 is 2.68 bits per heavy atom. The average molecular weight is 340 g/mol. The highest BCUT2D eigenvalue weighted by molar-refractivity contribution is 5.86. The van der Waals surface area contributed by atoms with Crippen molar-refractivity contribution in [1.29, 1.82) is 0 Å². The number of rotatable bonds is 5. The zero-order valence-electron chi connectivity index (χ0n) is 15.0. The van der Waals surface area contributed by atoms with E-state index in [0.717, 1.165) is 17.0 Å². The van der Waals surface area contributed by atoms with Gasteiger partial charge in [-0.1, -0.05) is 30.3 Å². The van der Waals surface area contributed by atoms with Crippen LogP contribution >= 0.6 is 0 Å². The van der Waals surface area contributed by atoms with Crippen molar-refractivity contribution in [3.63, 3.8) is 0 Å². The van der Waals surface area contributed by atoms with Crippen LogP contribution < -0.4 is 0 Å². The van der Waals surface area contributed by atoms with Gasteiger partial charge in [0.05, 0.1) is 24.5 Å². The minimum atomic E-state index is -0.0547. The summed E-state index contributed by atoms with van der Waals surface area (Å²) in [6.07, 6.45) is 0.474. The molecule has 0 saturated carbocycles. The Morgan fingerprint density at radius 2 is 2.04 bits per heavy atom. The zero-order chi connectivity index (χ0) is 18.0. The molecule has 0 N–H and O–H groups in total. The first-order chi connectivity index (χ1) is 11.9. The number of benzene rings is 1. The molecule has 6 nitrogen and oxygen atoms in total. The molecule has 25 heavy (non-hydrogen) atoms. The van der Waals surface area contributed by atoms with Crippen molar-refractivity contribution in [3.05, 3.63) is 53.3 Å². The Morgan fingerprint density at radius 1 is 1.32 bits per heavy atom. The van der Waals surface area contributed by atoms with E-state index in [0.29, 0.717) is 19.5 Å². The summed E-state index contributed by atoms with van der Waals surface area (Å²) in [5, 5.41) is 4.30. The van der Waals surface area contributed by atoms with E-state index in [2.05, 4.69) is 5.10 Å². The maximum Gasteiger partial charge on any atom is 0.242 e. The largest absolute Gasteiger partial charge is 0.338 e. The monoisotopic (exact) mass is 340 g/mol. The summed E-state index contributed by atoms with van der Waals surface area (Å²) in [7, 11) is 3.63. The molecule has 0 spiro atoms. The highest BCUT2D eigenvalue weighted by Crippen LogP contribution is 2.27. The SMILES string of the molecule is Cc1cc(CN(C)C(=O)CN2CC(c3ccccc3)CC2=O)n(C)n1. The lowest BCUT2D eigenvalue weighted by Gasteiger charge is -2.22. The van der Waals surface area contributed by atoms with Crippen LogP contribution in [0.25, 0.3) is 0 Å². The third-order valence-corrected chi connectivity index (χ3v) is 4.74. The van der Waals surface area contributed by atoms with Crippen molar-refractivity contribution in [1.82, 2.24) is 19.6 Å². The van der Waals surface area contributed by atoms with Crippen LogP contribution in [0.4, 0.5) is 0 Å². The molecule has 3 rings (SSSR count). The predicted octanol–water partition coefficient (Wildman–Crippen LogP) is 1.70. The van der Waals surface area contributed by atoms with Crippen molar-refractivity contribution >= 4 is 11.8 Å². The molecule has 2 aromatic rings. The Balaban J connectivity index is 1.59. The van der Waals surface area contributed by atoms with Crippen LogP contribution in [0.2, 0.25) is 0 Å². The van der Waals surface area contributed by atoms with Gasteiger partial charge in [0.25, 0.3) is 0 Å². The number of carbonyl (C=O) groups excluding carboxylic acids is 2. The normalized spacial score (nSPS) is 17.2. The van der Waals surface area contributed by atoms with Crippen molar-refractivity contribution < 1.29 is 9.59 Å². The summed E-state index contributed by atoms with van der Waals surface area (Å²) < 4.78 is 1.78. The molecule has 0 aliphatic carbocycles. The Labute approximate surface area is 148 Å². The maximum absolute atomic E-state index is 12.5.